The number of hydrogen-bond donors (Lipinski definition) is 0. The molecule has 0 aliphatic carbocycles. The van der Waals surface area contributed by atoms with Gasteiger partial charge in [-0.15, -0.1) is 0 Å². The number of carbonyl (C=O) groups is 1. The molecule has 0 N–H and O–H groups in total. The topological polar surface area (TPSA) is 35.5 Å². The first-order valence-corrected chi connectivity index (χ1v) is 6.00. The first-order valence-electron chi connectivity index (χ1n) is 6.00. The van der Waals surface area contributed by atoms with Gasteiger partial charge < -0.3 is 9.47 Å². The molecule has 0 aromatic heterocycles. The van der Waals surface area contributed by atoms with Gasteiger partial charge >= 0.3 is 5.97 Å². The highest BCUT2D eigenvalue weighted by molar-refractivity contribution is 5.86. The van der Waals surface area contributed by atoms with Crippen molar-refractivity contribution in [3.63, 3.8) is 0 Å². The lowest BCUT2D eigenvalue weighted by molar-refractivity contribution is -0.139. The molecule has 92 valence electrons. The number of esters is 1. The summed E-state index contributed by atoms with van der Waals surface area (Å²) in [6, 6.07) is 0. The number of unbranched alkanes of at least 4 members (excludes halogenated alkanes) is 1. The fraction of sp³-hybridized carbons (Fsp3) is 0.769. The maximum absolute atomic E-state index is 11.1. The van der Waals surface area contributed by atoms with Gasteiger partial charge in [-0.3, -0.25) is 0 Å². The molecule has 1 saturated heterocycles. The molecule has 3 nitrogen and oxygen atoms in total. The molecule has 0 amide bonds. The molecule has 1 rings (SSSR count). The van der Waals surface area contributed by atoms with E-state index in [1.54, 1.807) is 6.92 Å². The Morgan fingerprint density at radius 2 is 2.12 bits per heavy atom. The Hall–Kier alpha value is -0.830. The first-order chi connectivity index (χ1) is 7.59. The minimum absolute atomic E-state index is 0.280. The van der Waals surface area contributed by atoms with Crippen molar-refractivity contribution in [1.82, 2.24) is 0 Å². The molecule has 1 fully saturated rings. The van der Waals surface area contributed by atoms with E-state index in [1.807, 2.05) is 0 Å². The van der Waals surface area contributed by atoms with Crippen LogP contribution in [0.15, 0.2) is 12.2 Å². The monoisotopic (exact) mass is 226 g/mol. The molecular formula is C13H22O3. The van der Waals surface area contributed by atoms with E-state index in [9.17, 15) is 4.79 Å². The Labute approximate surface area is 97.8 Å². The van der Waals surface area contributed by atoms with E-state index in [-0.39, 0.29) is 5.97 Å². The predicted molar refractivity (Wildman–Crippen MR) is 63.2 cm³/mol. The van der Waals surface area contributed by atoms with Crippen molar-refractivity contribution in [3.8, 4) is 0 Å². The Morgan fingerprint density at radius 1 is 1.44 bits per heavy atom. The zero-order chi connectivity index (χ0) is 12.0. The van der Waals surface area contributed by atoms with Crippen LogP contribution < -0.4 is 0 Å². The number of rotatable bonds is 7. The zero-order valence-corrected chi connectivity index (χ0v) is 10.4. The molecule has 0 spiro atoms. The molecule has 0 aromatic carbocycles. The molecule has 1 heterocycles. The molecule has 1 aliphatic rings. The summed E-state index contributed by atoms with van der Waals surface area (Å²) in [7, 11) is 0. The van der Waals surface area contributed by atoms with Crippen LogP contribution >= 0.6 is 0 Å². The standard InChI is InChI=1S/C13H22O3/c1-4-13(9-15-10-13)7-5-6-8-16-12(14)11(2)3/h2,4-10H2,1,3H3. The van der Waals surface area contributed by atoms with Crippen LogP contribution in [0, 0.1) is 5.41 Å². The van der Waals surface area contributed by atoms with Crippen LogP contribution in [0.5, 0.6) is 0 Å². The second-order valence-electron chi connectivity index (χ2n) is 4.72. The molecule has 0 saturated carbocycles. The van der Waals surface area contributed by atoms with Crippen LogP contribution in [0.1, 0.15) is 39.5 Å². The maximum atomic E-state index is 11.1. The fourth-order valence-electron chi connectivity index (χ4n) is 1.81. The lowest BCUT2D eigenvalue weighted by Gasteiger charge is -2.41. The summed E-state index contributed by atoms with van der Waals surface area (Å²) in [5.74, 6) is -0.280. The summed E-state index contributed by atoms with van der Waals surface area (Å²) in [6.45, 7) is 9.72. The molecular weight excluding hydrogens is 204 g/mol. The minimum atomic E-state index is -0.280. The Bertz CT molecular complexity index is 248. The highest BCUT2D eigenvalue weighted by atomic mass is 16.5. The summed E-state index contributed by atoms with van der Waals surface area (Å²) in [6.07, 6.45) is 4.38. The average Bonchev–Trinajstić information content (AvgIpc) is 2.20. The van der Waals surface area contributed by atoms with Gasteiger partial charge in [0.05, 0.1) is 19.8 Å². The van der Waals surface area contributed by atoms with Gasteiger partial charge in [0, 0.05) is 11.0 Å². The van der Waals surface area contributed by atoms with E-state index in [1.165, 1.54) is 12.8 Å². The minimum Gasteiger partial charge on any atom is -0.462 e. The van der Waals surface area contributed by atoms with E-state index in [4.69, 9.17) is 9.47 Å². The van der Waals surface area contributed by atoms with Crippen molar-refractivity contribution in [2.45, 2.75) is 39.5 Å². The van der Waals surface area contributed by atoms with E-state index in [0.717, 1.165) is 26.1 Å². The second-order valence-corrected chi connectivity index (χ2v) is 4.72. The summed E-state index contributed by atoms with van der Waals surface area (Å²) in [5, 5.41) is 0. The number of hydrogen-bond acceptors (Lipinski definition) is 3. The van der Waals surface area contributed by atoms with Crippen molar-refractivity contribution in [2.75, 3.05) is 19.8 Å². The number of ether oxygens (including phenoxy) is 2. The summed E-state index contributed by atoms with van der Waals surface area (Å²) in [4.78, 5) is 11.1. The predicted octanol–water partition coefficient (Wildman–Crippen LogP) is 2.70. The van der Waals surface area contributed by atoms with Crippen LogP contribution in [0.25, 0.3) is 0 Å². The highest BCUT2D eigenvalue weighted by Gasteiger charge is 2.35. The van der Waals surface area contributed by atoms with E-state index < -0.39 is 0 Å². The maximum Gasteiger partial charge on any atom is 0.333 e. The molecule has 3 heteroatoms. The lowest BCUT2D eigenvalue weighted by atomic mass is 9.78. The van der Waals surface area contributed by atoms with Crippen molar-refractivity contribution < 1.29 is 14.3 Å². The quantitative estimate of drug-likeness (QED) is 0.380. The Morgan fingerprint density at radius 3 is 2.56 bits per heavy atom. The van der Waals surface area contributed by atoms with Crippen LogP contribution in [-0.4, -0.2) is 25.8 Å². The third-order valence-electron chi connectivity index (χ3n) is 3.25. The Kier molecular flexibility index (Phi) is 5.00. The molecule has 0 aromatic rings. The van der Waals surface area contributed by atoms with Gasteiger partial charge in [0.25, 0.3) is 0 Å². The first kappa shape index (κ1) is 13.2. The molecule has 0 atom stereocenters. The molecule has 0 bridgehead atoms. The third kappa shape index (κ3) is 3.63. The smallest absolute Gasteiger partial charge is 0.333 e. The summed E-state index contributed by atoms with van der Waals surface area (Å²) in [5.41, 5.74) is 0.885. The van der Waals surface area contributed by atoms with Gasteiger partial charge in [-0.2, -0.15) is 0 Å². The highest BCUT2D eigenvalue weighted by Crippen LogP contribution is 2.36. The summed E-state index contributed by atoms with van der Waals surface area (Å²) >= 11 is 0. The number of carbonyl (C=O) groups excluding carboxylic acids is 1. The average molecular weight is 226 g/mol. The van der Waals surface area contributed by atoms with Crippen LogP contribution in [0.3, 0.4) is 0 Å². The summed E-state index contributed by atoms with van der Waals surface area (Å²) < 4.78 is 10.3. The van der Waals surface area contributed by atoms with E-state index in [2.05, 4.69) is 13.5 Å². The van der Waals surface area contributed by atoms with Crippen LogP contribution in [0.2, 0.25) is 0 Å². The van der Waals surface area contributed by atoms with Gasteiger partial charge in [0.15, 0.2) is 0 Å². The van der Waals surface area contributed by atoms with Crippen molar-refractivity contribution in [2.24, 2.45) is 5.41 Å². The van der Waals surface area contributed by atoms with Gasteiger partial charge in [0.1, 0.15) is 0 Å². The SMILES string of the molecule is C=C(C)C(=O)OCCCCC1(CC)COC1. The zero-order valence-electron chi connectivity index (χ0n) is 10.4. The third-order valence-corrected chi connectivity index (χ3v) is 3.25. The fourth-order valence-corrected chi connectivity index (χ4v) is 1.81. The Balaban J connectivity index is 2.04. The van der Waals surface area contributed by atoms with Crippen LogP contribution in [0.4, 0.5) is 0 Å². The van der Waals surface area contributed by atoms with Gasteiger partial charge in [0.2, 0.25) is 0 Å². The van der Waals surface area contributed by atoms with Crippen molar-refractivity contribution in [3.05, 3.63) is 12.2 Å². The van der Waals surface area contributed by atoms with E-state index in [0.29, 0.717) is 17.6 Å². The molecule has 0 unspecified atom stereocenters. The second kappa shape index (κ2) is 6.04. The van der Waals surface area contributed by atoms with Gasteiger partial charge in [-0.05, 0) is 32.6 Å². The van der Waals surface area contributed by atoms with Crippen molar-refractivity contribution in [1.29, 1.82) is 0 Å². The van der Waals surface area contributed by atoms with E-state index >= 15 is 0 Å². The van der Waals surface area contributed by atoms with Crippen molar-refractivity contribution >= 4 is 5.97 Å². The largest absolute Gasteiger partial charge is 0.462 e. The molecule has 16 heavy (non-hydrogen) atoms. The van der Waals surface area contributed by atoms with Gasteiger partial charge in [-0.25, -0.2) is 4.79 Å². The molecule has 1 aliphatic heterocycles. The van der Waals surface area contributed by atoms with Gasteiger partial charge in [-0.1, -0.05) is 13.5 Å². The normalized spacial score (nSPS) is 17.6. The molecule has 0 radical (unpaired) electrons. The van der Waals surface area contributed by atoms with Crippen LogP contribution in [-0.2, 0) is 14.3 Å². The lowest BCUT2D eigenvalue weighted by Crippen LogP contribution is -2.41.